The van der Waals surface area contributed by atoms with Gasteiger partial charge in [-0.15, -0.1) is 0 Å². The first-order chi connectivity index (χ1) is 15.3. The third-order valence-corrected chi connectivity index (χ3v) is 5.02. The van der Waals surface area contributed by atoms with Gasteiger partial charge in [-0.1, -0.05) is 18.2 Å². The summed E-state index contributed by atoms with van der Waals surface area (Å²) in [5.74, 6) is -1.29. The van der Waals surface area contributed by atoms with Crippen LogP contribution < -0.4 is 4.90 Å². The van der Waals surface area contributed by atoms with Gasteiger partial charge < -0.3 is 4.74 Å². The SMILES string of the molecule is CCOC(=O)N(C)c1ccc(-c2ccc(C(=O)CCc3ccc(F)nc3C)nc2)cc1F. The van der Waals surface area contributed by atoms with E-state index < -0.39 is 17.9 Å². The van der Waals surface area contributed by atoms with Crippen LogP contribution in [0.5, 0.6) is 0 Å². The summed E-state index contributed by atoms with van der Waals surface area (Å²) in [6, 6.07) is 10.6. The normalized spacial score (nSPS) is 10.7. The Kier molecular flexibility index (Phi) is 7.25. The highest BCUT2D eigenvalue weighted by molar-refractivity contribution is 5.94. The molecule has 32 heavy (non-hydrogen) atoms. The molecule has 0 radical (unpaired) electrons. The van der Waals surface area contributed by atoms with Crippen molar-refractivity contribution in [3.05, 3.63) is 77.4 Å². The number of pyridine rings is 2. The molecular weight excluding hydrogens is 416 g/mol. The van der Waals surface area contributed by atoms with Crippen molar-refractivity contribution in [2.24, 2.45) is 0 Å². The van der Waals surface area contributed by atoms with Gasteiger partial charge in [0.15, 0.2) is 5.78 Å². The van der Waals surface area contributed by atoms with E-state index >= 15 is 0 Å². The fraction of sp³-hybridized carbons (Fsp3) is 0.250. The smallest absolute Gasteiger partial charge is 0.414 e. The highest BCUT2D eigenvalue weighted by Crippen LogP contribution is 2.26. The van der Waals surface area contributed by atoms with Crippen molar-refractivity contribution in [1.29, 1.82) is 0 Å². The predicted molar refractivity (Wildman–Crippen MR) is 117 cm³/mol. The number of anilines is 1. The van der Waals surface area contributed by atoms with Gasteiger partial charge in [-0.3, -0.25) is 14.7 Å². The Morgan fingerprint density at radius 1 is 1.06 bits per heavy atom. The molecule has 3 aromatic rings. The van der Waals surface area contributed by atoms with E-state index in [1.165, 1.54) is 31.4 Å². The zero-order valence-corrected chi connectivity index (χ0v) is 18.1. The van der Waals surface area contributed by atoms with Crippen LogP contribution in [0.3, 0.4) is 0 Å². The molecule has 6 nitrogen and oxygen atoms in total. The van der Waals surface area contributed by atoms with Gasteiger partial charge in [-0.2, -0.15) is 4.39 Å². The monoisotopic (exact) mass is 439 g/mol. The molecule has 0 bridgehead atoms. The number of ketones is 1. The van der Waals surface area contributed by atoms with Gasteiger partial charge >= 0.3 is 6.09 Å². The first kappa shape index (κ1) is 23.0. The van der Waals surface area contributed by atoms with E-state index in [1.54, 1.807) is 38.1 Å². The fourth-order valence-electron chi connectivity index (χ4n) is 3.21. The van der Waals surface area contributed by atoms with E-state index in [2.05, 4.69) is 9.97 Å². The molecule has 1 aromatic carbocycles. The number of Topliss-reactive ketones (excluding diaryl/α,β-unsaturated/α-hetero) is 1. The second-order valence-electron chi connectivity index (χ2n) is 7.16. The van der Waals surface area contributed by atoms with E-state index in [0.29, 0.717) is 28.9 Å². The minimum Gasteiger partial charge on any atom is -0.449 e. The predicted octanol–water partition coefficient (Wildman–Crippen LogP) is 5.14. The molecule has 0 aliphatic heterocycles. The molecule has 0 fully saturated rings. The summed E-state index contributed by atoms with van der Waals surface area (Å²) in [7, 11) is 1.43. The Balaban J connectivity index is 1.69. The molecular formula is C24H23F2N3O3. The summed E-state index contributed by atoms with van der Waals surface area (Å²) in [6.07, 6.45) is 1.50. The van der Waals surface area contributed by atoms with Crippen molar-refractivity contribution in [2.75, 3.05) is 18.6 Å². The summed E-state index contributed by atoms with van der Waals surface area (Å²) in [5, 5.41) is 0. The van der Waals surface area contributed by atoms with E-state index in [4.69, 9.17) is 4.74 Å². The number of hydrogen-bond acceptors (Lipinski definition) is 5. The van der Waals surface area contributed by atoms with Gasteiger partial charge in [0, 0.05) is 30.9 Å². The largest absolute Gasteiger partial charge is 0.449 e. The van der Waals surface area contributed by atoms with E-state index in [0.717, 1.165) is 10.5 Å². The molecule has 8 heteroatoms. The van der Waals surface area contributed by atoms with Crippen LogP contribution in [0.2, 0.25) is 0 Å². The Morgan fingerprint density at radius 2 is 1.81 bits per heavy atom. The highest BCUT2D eigenvalue weighted by atomic mass is 19.1. The maximum Gasteiger partial charge on any atom is 0.414 e. The van der Waals surface area contributed by atoms with Gasteiger partial charge in [-0.25, -0.2) is 14.2 Å². The molecule has 0 aliphatic carbocycles. The molecule has 3 rings (SSSR count). The lowest BCUT2D eigenvalue weighted by Gasteiger charge is -2.17. The Morgan fingerprint density at radius 3 is 2.44 bits per heavy atom. The van der Waals surface area contributed by atoms with Gasteiger partial charge in [0.05, 0.1) is 12.3 Å². The summed E-state index contributed by atoms with van der Waals surface area (Å²) in [6.45, 7) is 3.57. The molecule has 0 spiro atoms. The lowest BCUT2D eigenvalue weighted by molar-refractivity contribution is 0.0978. The molecule has 0 unspecified atom stereocenters. The number of nitrogens with zero attached hydrogens (tertiary/aromatic N) is 3. The molecule has 166 valence electrons. The zero-order chi connectivity index (χ0) is 23.3. The van der Waals surface area contributed by atoms with Gasteiger partial charge in [0.2, 0.25) is 5.95 Å². The van der Waals surface area contributed by atoms with Crippen molar-refractivity contribution in [3.63, 3.8) is 0 Å². The molecule has 0 saturated heterocycles. The third-order valence-electron chi connectivity index (χ3n) is 5.02. The number of ether oxygens (including phenoxy) is 1. The quantitative estimate of drug-likeness (QED) is 0.377. The number of aryl methyl sites for hydroxylation is 2. The molecule has 0 aliphatic rings. The maximum atomic E-state index is 14.6. The summed E-state index contributed by atoms with van der Waals surface area (Å²) in [5.41, 5.74) is 2.94. The highest BCUT2D eigenvalue weighted by Gasteiger charge is 2.17. The average molecular weight is 439 g/mol. The van der Waals surface area contributed by atoms with E-state index in [9.17, 15) is 18.4 Å². The number of amides is 1. The molecule has 0 saturated carbocycles. The number of rotatable bonds is 7. The summed E-state index contributed by atoms with van der Waals surface area (Å²) < 4.78 is 32.6. The second-order valence-corrected chi connectivity index (χ2v) is 7.16. The Bertz CT molecular complexity index is 1130. The molecule has 2 aromatic heterocycles. The van der Waals surface area contributed by atoms with Crippen LogP contribution in [0.4, 0.5) is 19.3 Å². The topological polar surface area (TPSA) is 72.4 Å². The number of benzene rings is 1. The minimum absolute atomic E-state index is 0.0949. The van der Waals surface area contributed by atoms with Crippen LogP contribution in [-0.2, 0) is 11.2 Å². The van der Waals surface area contributed by atoms with Crippen molar-refractivity contribution >= 4 is 17.6 Å². The number of aromatic nitrogens is 2. The van der Waals surface area contributed by atoms with Crippen LogP contribution in [0.25, 0.3) is 11.1 Å². The van der Waals surface area contributed by atoms with Crippen LogP contribution in [0, 0.1) is 18.7 Å². The lowest BCUT2D eigenvalue weighted by Crippen LogP contribution is -2.27. The number of hydrogen-bond donors (Lipinski definition) is 0. The first-order valence-electron chi connectivity index (χ1n) is 10.1. The molecule has 0 N–H and O–H groups in total. The van der Waals surface area contributed by atoms with Crippen LogP contribution in [0.15, 0.2) is 48.7 Å². The van der Waals surface area contributed by atoms with Gasteiger partial charge in [-0.05, 0) is 55.7 Å². The van der Waals surface area contributed by atoms with Crippen molar-refractivity contribution in [3.8, 4) is 11.1 Å². The van der Waals surface area contributed by atoms with Crippen molar-refractivity contribution in [1.82, 2.24) is 9.97 Å². The zero-order valence-electron chi connectivity index (χ0n) is 18.1. The first-order valence-corrected chi connectivity index (χ1v) is 10.1. The van der Waals surface area contributed by atoms with E-state index in [-0.39, 0.29) is 24.5 Å². The Labute approximate surface area is 184 Å². The number of halogens is 2. The Hall–Kier alpha value is -3.68. The lowest BCUT2D eigenvalue weighted by atomic mass is 10.0. The van der Waals surface area contributed by atoms with Gasteiger partial charge in [0.25, 0.3) is 0 Å². The minimum atomic E-state index is -0.643. The summed E-state index contributed by atoms with van der Waals surface area (Å²) >= 11 is 0. The van der Waals surface area contributed by atoms with E-state index in [1.807, 2.05) is 0 Å². The van der Waals surface area contributed by atoms with Crippen LogP contribution in [-0.4, -0.2) is 35.5 Å². The van der Waals surface area contributed by atoms with Crippen molar-refractivity contribution < 1.29 is 23.1 Å². The van der Waals surface area contributed by atoms with Gasteiger partial charge in [0.1, 0.15) is 11.5 Å². The average Bonchev–Trinajstić information content (AvgIpc) is 2.78. The molecule has 2 heterocycles. The van der Waals surface area contributed by atoms with Crippen molar-refractivity contribution in [2.45, 2.75) is 26.7 Å². The van der Waals surface area contributed by atoms with Crippen LogP contribution in [0.1, 0.15) is 35.1 Å². The fourth-order valence-corrected chi connectivity index (χ4v) is 3.21. The number of carbonyl (C=O) groups is 2. The second kappa shape index (κ2) is 10.1. The summed E-state index contributed by atoms with van der Waals surface area (Å²) in [4.78, 5) is 33.3. The maximum absolute atomic E-state index is 14.6. The molecule has 0 atom stereocenters. The molecule has 1 amide bonds. The standard InChI is InChI=1S/C24H23F2N3O3/c1-4-32-24(31)29(3)21-10-6-17(13-19(21)25)18-5-9-20(27-14-18)22(30)11-7-16-8-12-23(26)28-15(16)2/h5-6,8-10,12-14H,4,7,11H2,1-3H3. The number of carbonyl (C=O) groups excluding carboxylic acids is 2. The third kappa shape index (κ3) is 5.32. The van der Waals surface area contributed by atoms with Crippen LogP contribution >= 0.6 is 0 Å².